The van der Waals surface area contributed by atoms with E-state index >= 15 is 0 Å². The Labute approximate surface area is 226 Å². The number of rotatable bonds is 4. The van der Waals surface area contributed by atoms with Crippen molar-refractivity contribution in [2.24, 2.45) is 0 Å². The number of fused-ring (bicyclic) bond motifs is 3. The van der Waals surface area contributed by atoms with Gasteiger partial charge in [0.05, 0.1) is 5.41 Å². The molecule has 2 heteroatoms. The summed E-state index contributed by atoms with van der Waals surface area (Å²) in [5.41, 5.74) is 10.2. The predicted octanol–water partition coefficient (Wildman–Crippen LogP) is 10.1. The van der Waals surface area contributed by atoms with E-state index in [0.29, 0.717) is 0 Å². The third kappa shape index (κ3) is 3.48. The van der Waals surface area contributed by atoms with Gasteiger partial charge in [0.2, 0.25) is 0 Å². The van der Waals surface area contributed by atoms with Crippen LogP contribution in [0, 0.1) is 13.8 Å². The summed E-state index contributed by atoms with van der Waals surface area (Å²) in [6, 6.07) is 45.3. The van der Waals surface area contributed by atoms with Gasteiger partial charge < -0.3 is 0 Å². The Morgan fingerprint density at radius 1 is 0.459 bits per heavy atom. The van der Waals surface area contributed by atoms with E-state index in [4.69, 9.17) is 0 Å². The average Bonchev–Trinajstić information content (AvgIpc) is 3.65. The van der Waals surface area contributed by atoms with Crippen molar-refractivity contribution in [2.45, 2.75) is 19.3 Å². The molecule has 0 fully saturated rings. The van der Waals surface area contributed by atoms with E-state index in [2.05, 4.69) is 135 Å². The quantitative estimate of drug-likeness (QED) is 0.221. The van der Waals surface area contributed by atoms with Crippen molar-refractivity contribution in [3.63, 3.8) is 0 Å². The zero-order valence-corrected chi connectivity index (χ0v) is 22.5. The van der Waals surface area contributed by atoms with E-state index in [0.717, 1.165) is 0 Å². The van der Waals surface area contributed by atoms with Gasteiger partial charge in [0.1, 0.15) is 0 Å². The summed E-state index contributed by atoms with van der Waals surface area (Å²) in [5, 5.41) is 0. The first-order valence-corrected chi connectivity index (χ1v) is 14.3. The van der Waals surface area contributed by atoms with Crippen molar-refractivity contribution in [2.75, 3.05) is 0 Å². The molecule has 0 radical (unpaired) electrons. The molecule has 1 aliphatic carbocycles. The molecule has 1 aliphatic rings. The molecule has 37 heavy (non-hydrogen) atoms. The van der Waals surface area contributed by atoms with Crippen LogP contribution in [0.3, 0.4) is 0 Å². The smallest absolute Gasteiger partial charge is 0.0714 e. The second-order valence-electron chi connectivity index (χ2n) is 9.82. The van der Waals surface area contributed by atoms with Crippen LogP contribution >= 0.6 is 22.7 Å². The third-order valence-corrected chi connectivity index (χ3v) is 9.70. The van der Waals surface area contributed by atoms with Crippen LogP contribution in [0.1, 0.15) is 32.0 Å². The highest BCUT2D eigenvalue weighted by molar-refractivity contribution is 7.15. The van der Waals surface area contributed by atoms with Crippen LogP contribution in [0.4, 0.5) is 0 Å². The summed E-state index contributed by atoms with van der Waals surface area (Å²) in [6.07, 6.45) is 0. The third-order valence-electron chi connectivity index (χ3n) is 7.60. The minimum absolute atomic E-state index is 0.391. The van der Waals surface area contributed by atoms with Gasteiger partial charge in [-0.05, 0) is 94.8 Å². The van der Waals surface area contributed by atoms with Crippen LogP contribution in [-0.4, -0.2) is 0 Å². The fraction of sp³-hybridized carbons (Fsp3) is 0.0857. The van der Waals surface area contributed by atoms with Crippen LogP contribution in [-0.2, 0) is 5.41 Å². The first-order chi connectivity index (χ1) is 18.1. The molecule has 2 aromatic heterocycles. The van der Waals surface area contributed by atoms with Gasteiger partial charge in [-0.15, -0.1) is 22.7 Å². The average molecular weight is 511 g/mol. The van der Waals surface area contributed by atoms with Gasteiger partial charge in [0, 0.05) is 19.5 Å². The maximum atomic E-state index is 2.45. The number of aryl methyl sites for hydroxylation is 2. The molecule has 2 heterocycles. The SMILES string of the molecule is Cc1ccc(-c2ccc3c(c2)C(c2ccccc2)(c2ccccc2)c2cc(-c4ccc(C)s4)ccc2-3)s1. The van der Waals surface area contributed by atoms with E-state index < -0.39 is 5.41 Å². The van der Waals surface area contributed by atoms with E-state index in [1.807, 2.05) is 22.7 Å². The van der Waals surface area contributed by atoms with E-state index in [-0.39, 0.29) is 0 Å². The van der Waals surface area contributed by atoms with Gasteiger partial charge >= 0.3 is 0 Å². The topological polar surface area (TPSA) is 0 Å². The Morgan fingerprint density at radius 3 is 1.27 bits per heavy atom. The lowest BCUT2D eigenvalue weighted by atomic mass is 9.67. The lowest BCUT2D eigenvalue weighted by molar-refractivity contribution is 0.769. The second kappa shape index (κ2) is 8.69. The fourth-order valence-electron chi connectivity index (χ4n) is 5.97. The minimum Gasteiger partial charge on any atom is -0.141 e. The number of thiophene rings is 2. The highest BCUT2D eigenvalue weighted by atomic mass is 32.1. The van der Waals surface area contributed by atoms with E-state index in [1.54, 1.807) is 0 Å². The molecule has 7 rings (SSSR count). The van der Waals surface area contributed by atoms with Crippen LogP contribution in [0.25, 0.3) is 32.0 Å². The van der Waals surface area contributed by atoms with Crippen LogP contribution in [0.15, 0.2) is 121 Å². The van der Waals surface area contributed by atoms with Gasteiger partial charge in [-0.2, -0.15) is 0 Å². The van der Waals surface area contributed by atoms with Crippen LogP contribution < -0.4 is 0 Å². The highest BCUT2D eigenvalue weighted by Gasteiger charge is 2.46. The van der Waals surface area contributed by atoms with E-state index in [1.165, 1.54) is 64.0 Å². The van der Waals surface area contributed by atoms with Crippen molar-refractivity contribution in [1.82, 2.24) is 0 Å². The monoisotopic (exact) mass is 510 g/mol. The molecule has 0 amide bonds. The van der Waals surface area contributed by atoms with Gasteiger partial charge in [-0.3, -0.25) is 0 Å². The van der Waals surface area contributed by atoms with Crippen molar-refractivity contribution in [3.8, 4) is 32.0 Å². The molecule has 178 valence electrons. The first kappa shape index (κ1) is 22.5. The Bertz CT molecular complexity index is 1600. The van der Waals surface area contributed by atoms with Crippen molar-refractivity contribution in [1.29, 1.82) is 0 Å². The molecule has 6 aromatic rings. The van der Waals surface area contributed by atoms with Crippen molar-refractivity contribution >= 4 is 22.7 Å². The predicted molar refractivity (Wildman–Crippen MR) is 160 cm³/mol. The normalized spacial score (nSPS) is 13.4. The fourth-order valence-corrected chi connectivity index (χ4v) is 7.70. The minimum atomic E-state index is -0.391. The maximum absolute atomic E-state index is 2.45. The molecule has 0 N–H and O–H groups in total. The zero-order chi connectivity index (χ0) is 25.0. The van der Waals surface area contributed by atoms with Gasteiger partial charge in [-0.25, -0.2) is 0 Å². The van der Waals surface area contributed by atoms with Gasteiger partial charge in [-0.1, -0.05) is 84.9 Å². The number of benzene rings is 4. The molecule has 0 saturated heterocycles. The molecule has 4 aromatic carbocycles. The molecule has 0 bridgehead atoms. The molecule has 0 atom stereocenters. The first-order valence-electron chi connectivity index (χ1n) is 12.7. The lowest BCUT2D eigenvalue weighted by Crippen LogP contribution is -2.28. The van der Waals surface area contributed by atoms with Crippen molar-refractivity contribution in [3.05, 3.63) is 153 Å². The summed E-state index contributed by atoms with van der Waals surface area (Å²) >= 11 is 3.73. The van der Waals surface area contributed by atoms with Gasteiger partial charge in [0.15, 0.2) is 0 Å². The summed E-state index contributed by atoms with van der Waals surface area (Å²) < 4.78 is 0. The maximum Gasteiger partial charge on any atom is 0.0714 e. The Kier molecular flexibility index (Phi) is 5.28. The number of hydrogen-bond donors (Lipinski definition) is 0. The highest BCUT2D eigenvalue weighted by Crippen LogP contribution is 2.57. The molecular formula is C35H26S2. The summed E-state index contributed by atoms with van der Waals surface area (Å²) in [7, 11) is 0. The van der Waals surface area contributed by atoms with Crippen LogP contribution in [0.5, 0.6) is 0 Å². The summed E-state index contributed by atoms with van der Waals surface area (Å²) in [5.74, 6) is 0. The molecule has 0 nitrogen and oxygen atoms in total. The Hall–Kier alpha value is -3.72. The van der Waals surface area contributed by atoms with Crippen molar-refractivity contribution < 1.29 is 0 Å². The summed E-state index contributed by atoms with van der Waals surface area (Å²) in [6.45, 7) is 4.37. The largest absolute Gasteiger partial charge is 0.141 e. The molecule has 0 spiro atoms. The van der Waals surface area contributed by atoms with Gasteiger partial charge in [0.25, 0.3) is 0 Å². The molecule has 0 saturated carbocycles. The lowest BCUT2D eigenvalue weighted by Gasteiger charge is -2.34. The number of hydrogen-bond acceptors (Lipinski definition) is 2. The molecule has 0 aliphatic heterocycles. The molecule has 0 unspecified atom stereocenters. The molecular weight excluding hydrogens is 485 g/mol. The standard InChI is InChI=1S/C35H26S2/c1-23-13-19-33(36-23)25-15-17-29-30-18-16-26(34-20-14-24(2)37-34)22-32(30)35(31(29)21-25,27-9-5-3-6-10-27)28-11-7-4-8-12-28/h3-22H,1-2H3. The van der Waals surface area contributed by atoms with Crippen LogP contribution in [0.2, 0.25) is 0 Å². The zero-order valence-electron chi connectivity index (χ0n) is 20.9. The summed E-state index contributed by atoms with van der Waals surface area (Å²) in [4.78, 5) is 5.32. The van der Waals surface area contributed by atoms with E-state index in [9.17, 15) is 0 Å². The Balaban J connectivity index is 1.58. The Morgan fingerprint density at radius 2 is 0.892 bits per heavy atom. The second-order valence-corrected chi connectivity index (χ2v) is 12.4.